The highest BCUT2D eigenvalue weighted by Gasteiger charge is 2.30. The number of carbonyl (C=O) groups excluding carboxylic acids is 4. The number of aliphatic hydroxyl groups excluding tert-OH is 1. The lowest BCUT2D eigenvalue weighted by Gasteiger charge is -2.21. The van der Waals surface area contributed by atoms with Crippen LogP contribution in [0.25, 0.3) is 0 Å². The van der Waals surface area contributed by atoms with Crippen molar-refractivity contribution in [1.82, 2.24) is 0 Å². The van der Waals surface area contributed by atoms with E-state index < -0.39 is 97.5 Å². The van der Waals surface area contributed by atoms with Crippen LogP contribution in [0.5, 0.6) is 0 Å². The van der Waals surface area contributed by atoms with Gasteiger partial charge in [0.15, 0.2) is 12.2 Å². The number of aliphatic hydroxyl groups is 1. The maximum Gasteiger partial charge on any atom is 0.472 e. The van der Waals surface area contributed by atoms with E-state index in [0.29, 0.717) is 25.7 Å². The maximum absolute atomic E-state index is 13.0. The Morgan fingerprint density at radius 3 is 0.854 bits per heavy atom. The first kappa shape index (κ1) is 87.1. The molecule has 0 saturated heterocycles. The van der Waals surface area contributed by atoms with Crippen molar-refractivity contribution in [1.29, 1.82) is 0 Å². The van der Waals surface area contributed by atoms with Gasteiger partial charge in [0.25, 0.3) is 0 Å². The predicted molar refractivity (Wildman–Crippen MR) is 358 cm³/mol. The highest BCUT2D eigenvalue weighted by molar-refractivity contribution is 7.47. The first-order chi connectivity index (χ1) is 42.9. The van der Waals surface area contributed by atoms with Crippen LogP contribution < -0.4 is 0 Å². The molecule has 0 aliphatic rings. The Bertz CT molecular complexity index is 1740. The van der Waals surface area contributed by atoms with Gasteiger partial charge in [0.05, 0.1) is 26.4 Å². The number of unbranched alkanes of at least 4 members (excludes halogenated alkanes) is 38. The molecule has 89 heavy (non-hydrogen) atoms. The maximum atomic E-state index is 13.0. The average Bonchev–Trinajstić information content (AvgIpc) is 3.57. The molecule has 0 aromatic rings. The third kappa shape index (κ3) is 63.2. The minimum Gasteiger partial charge on any atom is -0.462 e. The molecule has 17 nitrogen and oxygen atoms in total. The van der Waals surface area contributed by atoms with Crippen LogP contribution in [-0.2, 0) is 65.4 Å². The second-order valence-corrected chi connectivity index (χ2v) is 28.9. The van der Waals surface area contributed by atoms with Gasteiger partial charge in [0.2, 0.25) is 0 Å². The standard InChI is InChI=1S/C70H136O17P2/c1-7-10-12-14-16-17-26-30-34-41-47-53-68(73)81-59-65(86-69(74)54-48-42-35-31-28-25-23-21-19-18-20-22-24-27-29-33-38-44-50-62(4)5)60-84-88(76,77)82-56-64(71)57-83-89(78,79)85-61-66(58-80-67(72)52-46-40-32-15-13-11-8-2)87-70(75)55-49-43-37-36-39-45-51-63(6)9-3/h62-66,71H,7-61H2,1-6H3,(H,76,77)(H,78,79)/t63?,64-,65-,66-/m1/s1. The number of carbonyl (C=O) groups is 4. The lowest BCUT2D eigenvalue weighted by molar-refractivity contribution is -0.161. The number of esters is 4. The number of ether oxygens (including phenoxy) is 4. The Morgan fingerprint density at radius 1 is 0.326 bits per heavy atom. The summed E-state index contributed by atoms with van der Waals surface area (Å²) in [6.07, 6.45) is 47.5. The van der Waals surface area contributed by atoms with Gasteiger partial charge in [-0.3, -0.25) is 37.3 Å². The molecule has 0 aliphatic heterocycles. The molecule has 0 aromatic carbocycles. The summed E-state index contributed by atoms with van der Waals surface area (Å²) in [5, 5.41) is 10.6. The number of rotatable bonds is 69. The van der Waals surface area contributed by atoms with Gasteiger partial charge in [-0.05, 0) is 37.5 Å². The molecule has 3 unspecified atom stereocenters. The number of hydrogen-bond donors (Lipinski definition) is 3. The summed E-state index contributed by atoms with van der Waals surface area (Å²) < 4.78 is 68.1. The molecule has 0 amide bonds. The van der Waals surface area contributed by atoms with E-state index >= 15 is 0 Å². The van der Waals surface area contributed by atoms with Crippen LogP contribution in [0.4, 0.5) is 0 Å². The Balaban J connectivity index is 5.13. The van der Waals surface area contributed by atoms with Crippen LogP contribution in [0.1, 0.15) is 356 Å². The van der Waals surface area contributed by atoms with Gasteiger partial charge in [0.1, 0.15) is 19.3 Å². The molecule has 528 valence electrons. The SMILES string of the molecule is CCCCCCCCCCCCCC(=O)OC[C@H](COP(=O)(O)OC[C@@H](O)COP(=O)(O)OC[C@@H](COC(=O)CCCCCCCCC)OC(=O)CCCCCCCCC(C)CC)OC(=O)CCCCCCCCCCCCCCCCCCCCC(C)C. The molecule has 0 spiro atoms. The van der Waals surface area contributed by atoms with Crippen molar-refractivity contribution in [2.24, 2.45) is 11.8 Å². The summed E-state index contributed by atoms with van der Waals surface area (Å²) in [5.41, 5.74) is 0. The van der Waals surface area contributed by atoms with E-state index in [-0.39, 0.29) is 25.7 Å². The van der Waals surface area contributed by atoms with Gasteiger partial charge < -0.3 is 33.8 Å². The second-order valence-electron chi connectivity index (χ2n) is 26.0. The summed E-state index contributed by atoms with van der Waals surface area (Å²) in [7, 11) is -9.89. The summed E-state index contributed by atoms with van der Waals surface area (Å²) in [6, 6.07) is 0. The zero-order valence-corrected chi connectivity index (χ0v) is 59.5. The third-order valence-electron chi connectivity index (χ3n) is 16.6. The highest BCUT2D eigenvalue weighted by atomic mass is 31.2. The van der Waals surface area contributed by atoms with Crippen molar-refractivity contribution in [3.8, 4) is 0 Å². The summed E-state index contributed by atoms with van der Waals surface area (Å²) in [6.45, 7) is 9.48. The normalized spacial score (nSPS) is 14.4. The summed E-state index contributed by atoms with van der Waals surface area (Å²) in [4.78, 5) is 72.3. The van der Waals surface area contributed by atoms with Crippen LogP contribution in [0.15, 0.2) is 0 Å². The highest BCUT2D eigenvalue weighted by Crippen LogP contribution is 2.45. The monoisotopic (exact) mass is 1310 g/mol. The van der Waals surface area contributed by atoms with Crippen molar-refractivity contribution in [3.63, 3.8) is 0 Å². The quantitative estimate of drug-likeness (QED) is 0.0222. The van der Waals surface area contributed by atoms with E-state index in [4.69, 9.17) is 37.0 Å². The number of phosphoric ester groups is 2. The summed E-state index contributed by atoms with van der Waals surface area (Å²) >= 11 is 0. The molecule has 0 rings (SSSR count). The van der Waals surface area contributed by atoms with Crippen molar-refractivity contribution in [2.45, 2.75) is 374 Å². The molecule has 0 aliphatic carbocycles. The van der Waals surface area contributed by atoms with Crippen LogP contribution >= 0.6 is 15.6 Å². The molecule has 3 N–H and O–H groups in total. The van der Waals surface area contributed by atoms with Gasteiger partial charge in [-0.25, -0.2) is 9.13 Å². The molecule has 0 radical (unpaired) electrons. The minimum absolute atomic E-state index is 0.103. The third-order valence-corrected chi connectivity index (χ3v) is 18.5. The Kier molecular flexibility index (Phi) is 60.8. The molecular weight excluding hydrogens is 1170 g/mol. The molecule has 0 bridgehead atoms. The van der Waals surface area contributed by atoms with Crippen LogP contribution in [0, 0.1) is 11.8 Å². The average molecular weight is 1310 g/mol. The fourth-order valence-corrected chi connectivity index (χ4v) is 12.1. The number of hydrogen-bond acceptors (Lipinski definition) is 15. The van der Waals surface area contributed by atoms with E-state index in [1.807, 2.05) is 0 Å². The molecule has 0 aromatic heterocycles. The Hall–Kier alpha value is -1.94. The van der Waals surface area contributed by atoms with Crippen molar-refractivity contribution < 1.29 is 80.2 Å². The van der Waals surface area contributed by atoms with Crippen LogP contribution in [0.2, 0.25) is 0 Å². The van der Waals surface area contributed by atoms with Crippen molar-refractivity contribution in [3.05, 3.63) is 0 Å². The fraction of sp³-hybridized carbons (Fsp3) is 0.943. The first-order valence-corrected chi connectivity index (χ1v) is 39.5. The van der Waals surface area contributed by atoms with Crippen LogP contribution in [-0.4, -0.2) is 96.7 Å². The zero-order chi connectivity index (χ0) is 65.7. The van der Waals surface area contributed by atoms with E-state index in [1.54, 1.807) is 0 Å². The largest absolute Gasteiger partial charge is 0.472 e. The number of phosphoric acid groups is 2. The van der Waals surface area contributed by atoms with E-state index in [2.05, 4.69) is 41.5 Å². The van der Waals surface area contributed by atoms with Gasteiger partial charge in [-0.15, -0.1) is 0 Å². The minimum atomic E-state index is -4.95. The summed E-state index contributed by atoms with van der Waals surface area (Å²) in [5.74, 6) is -0.591. The molecule has 6 atom stereocenters. The second kappa shape index (κ2) is 62.2. The van der Waals surface area contributed by atoms with E-state index in [0.717, 1.165) is 115 Å². The van der Waals surface area contributed by atoms with Gasteiger partial charge in [0, 0.05) is 25.7 Å². The first-order valence-electron chi connectivity index (χ1n) is 36.5. The molecular formula is C70H136O17P2. The van der Waals surface area contributed by atoms with Gasteiger partial charge in [-0.1, -0.05) is 305 Å². The van der Waals surface area contributed by atoms with Crippen molar-refractivity contribution in [2.75, 3.05) is 39.6 Å². The smallest absolute Gasteiger partial charge is 0.462 e. The molecule has 0 heterocycles. The lowest BCUT2D eigenvalue weighted by atomic mass is 10.00. The van der Waals surface area contributed by atoms with Crippen LogP contribution in [0.3, 0.4) is 0 Å². The van der Waals surface area contributed by atoms with Gasteiger partial charge >= 0.3 is 39.5 Å². The Labute approximate surface area is 543 Å². The van der Waals surface area contributed by atoms with Crippen molar-refractivity contribution >= 4 is 39.5 Å². The fourth-order valence-electron chi connectivity index (χ4n) is 10.6. The van der Waals surface area contributed by atoms with E-state index in [1.165, 1.54) is 161 Å². The zero-order valence-electron chi connectivity index (χ0n) is 57.7. The Morgan fingerprint density at radius 2 is 0.573 bits per heavy atom. The van der Waals surface area contributed by atoms with E-state index in [9.17, 15) is 43.2 Å². The molecule has 0 saturated carbocycles. The topological polar surface area (TPSA) is 237 Å². The molecule has 19 heteroatoms. The molecule has 0 fully saturated rings. The lowest BCUT2D eigenvalue weighted by Crippen LogP contribution is -2.30. The van der Waals surface area contributed by atoms with Gasteiger partial charge in [-0.2, -0.15) is 0 Å². The predicted octanol–water partition coefficient (Wildman–Crippen LogP) is 20.0.